The van der Waals surface area contributed by atoms with E-state index in [-0.39, 0.29) is 18.3 Å². The molecule has 2 aromatic rings. The van der Waals surface area contributed by atoms with E-state index in [0.29, 0.717) is 18.4 Å². The van der Waals surface area contributed by atoms with Crippen molar-refractivity contribution in [2.24, 2.45) is 0 Å². The number of benzene rings is 1. The highest BCUT2D eigenvalue weighted by atomic mass is 35.5. The van der Waals surface area contributed by atoms with E-state index >= 15 is 0 Å². The Morgan fingerprint density at radius 3 is 2.92 bits per heavy atom. The van der Waals surface area contributed by atoms with Crippen LogP contribution in [-0.4, -0.2) is 37.0 Å². The molecule has 1 aromatic carbocycles. The second-order valence-electron chi connectivity index (χ2n) is 6.81. The predicted molar refractivity (Wildman–Crippen MR) is 103 cm³/mol. The third-order valence-corrected chi connectivity index (χ3v) is 6.00. The van der Waals surface area contributed by atoms with Crippen LogP contribution in [0.3, 0.4) is 0 Å². The first-order valence-electron chi connectivity index (χ1n) is 8.27. The summed E-state index contributed by atoms with van der Waals surface area (Å²) in [6.07, 6.45) is 1.58. The molecular formula is C19H23ClN2OS. The minimum atomic E-state index is 0. The minimum absolute atomic E-state index is 0. The van der Waals surface area contributed by atoms with Gasteiger partial charge in [-0.2, -0.15) is 0 Å². The molecule has 0 radical (unpaired) electrons. The van der Waals surface area contributed by atoms with E-state index in [0.717, 1.165) is 30.1 Å². The number of thiophene rings is 1. The number of aryl methyl sites for hydroxylation is 1. The van der Waals surface area contributed by atoms with Crippen LogP contribution in [-0.2, 0) is 11.2 Å². The molecule has 2 aliphatic heterocycles. The molecule has 3 nitrogen and oxygen atoms in total. The van der Waals surface area contributed by atoms with Crippen LogP contribution in [0.2, 0.25) is 0 Å². The van der Waals surface area contributed by atoms with Gasteiger partial charge < -0.3 is 9.80 Å². The third kappa shape index (κ3) is 2.99. The fourth-order valence-corrected chi connectivity index (χ4v) is 4.75. The molecule has 0 bridgehead atoms. The lowest BCUT2D eigenvalue weighted by Crippen LogP contribution is -2.47. The zero-order valence-electron chi connectivity index (χ0n) is 14.1. The molecule has 3 heterocycles. The van der Waals surface area contributed by atoms with Gasteiger partial charge in [-0.3, -0.25) is 4.79 Å². The number of halogens is 1. The van der Waals surface area contributed by atoms with Crippen molar-refractivity contribution in [2.45, 2.75) is 31.7 Å². The first-order valence-corrected chi connectivity index (χ1v) is 9.15. The number of hydrogen-bond donors (Lipinski definition) is 0. The zero-order chi connectivity index (χ0) is 16.0. The van der Waals surface area contributed by atoms with E-state index in [2.05, 4.69) is 48.0 Å². The standard InChI is InChI=1S/C19H22N2OS.ClH/c1-13-5-6-17-15(10-13)16-12-20(2)8-7-18(16)21(17)19(22)11-14-4-3-9-23-14;/h3-6,9-10,16,18H,7-8,11-12H2,1-2H3;1H. The average molecular weight is 363 g/mol. The molecule has 0 N–H and O–H groups in total. The topological polar surface area (TPSA) is 23.6 Å². The van der Waals surface area contributed by atoms with Crippen LogP contribution in [0.15, 0.2) is 35.7 Å². The molecule has 24 heavy (non-hydrogen) atoms. The van der Waals surface area contributed by atoms with Crippen LogP contribution in [0.25, 0.3) is 0 Å². The lowest BCUT2D eigenvalue weighted by Gasteiger charge is -2.36. The van der Waals surface area contributed by atoms with Gasteiger partial charge in [-0.25, -0.2) is 0 Å². The molecule has 1 aromatic heterocycles. The average Bonchev–Trinajstić information content (AvgIpc) is 3.13. The van der Waals surface area contributed by atoms with Gasteiger partial charge in [0.05, 0.1) is 6.42 Å². The number of hydrogen-bond acceptors (Lipinski definition) is 3. The normalized spacial score (nSPS) is 22.7. The molecule has 1 fully saturated rings. The Hall–Kier alpha value is -1.36. The van der Waals surface area contributed by atoms with Crippen molar-refractivity contribution in [3.8, 4) is 0 Å². The molecule has 0 spiro atoms. The van der Waals surface area contributed by atoms with Gasteiger partial charge in [0.15, 0.2) is 0 Å². The third-order valence-electron chi connectivity index (χ3n) is 5.13. The summed E-state index contributed by atoms with van der Waals surface area (Å²) >= 11 is 1.67. The molecule has 4 rings (SSSR count). The first kappa shape index (κ1) is 17.5. The SMILES string of the molecule is Cc1ccc2c(c1)C1CN(C)CCC1N2C(=O)Cc1cccs1.Cl. The van der Waals surface area contributed by atoms with Crippen molar-refractivity contribution in [1.82, 2.24) is 4.90 Å². The number of carbonyl (C=O) groups excluding carboxylic acids is 1. The summed E-state index contributed by atoms with van der Waals surface area (Å²) in [5.74, 6) is 0.700. The van der Waals surface area contributed by atoms with Crippen molar-refractivity contribution >= 4 is 35.3 Å². The van der Waals surface area contributed by atoms with E-state index in [1.807, 2.05) is 11.4 Å². The highest BCUT2D eigenvalue weighted by molar-refractivity contribution is 7.10. The number of piperidine rings is 1. The van der Waals surface area contributed by atoms with E-state index in [9.17, 15) is 4.79 Å². The number of anilines is 1. The zero-order valence-corrected chi connectivity index (χ0v) is 15.7. The van der Waals surface area contributed by atoms with Crippen LogP contribution in [0.4, 0.5) is 5.69 Å². The van der Waals surface area contributed by atoms with Gasteiger partial charge in [0.1, 0.15) is 0 Å². The highest BCUT2D eigenvalue weighted by Crippen LogP contribution is 2.45. The van der Waals surface area contributed by atoms with Gasteiger partial charge in [-0.15, -0.1) is 23.7 Å². The smallest absolute Gasteiger partial charge is 0.232 e. The molecule has 2 atom stereocenters. The summed E-state index contributed by atoms with van der Waals surface area (Å²) in [6, 6.07) is 11.0. The molecular weight excluding hydrogens is 340 g/mol. The van der Waals surface area contributed by atoms with Gasteiger partial charge >= 0.3 is 0 Å². The maximum atomic E-state index is 13.0. The largest absolute Gasteiger partial charge is 0.308 e. The Balaban J connectivity index is 0.00000169. The van der Waals surface area contributed by atoms with Crippen LogP contribution < -0.4 is 4.90 Å². The molecule has 2 aliphatic rings. The lowest BCUT2D eigenvalue weighted by atomic mass is 9.89. The summed E-state index contributed by atoms with van der Waals surface area (Å²) in [5, 5.41) is 2.04. The van der Waals surface area contributed by atoms with Crippen molar-refractivity contribution in [3.63, 3.8) is 0 Å². The van der Waals surface area contributed by atoms with Gasteiger partial charge in [0.2, 0.25) is 5.91 Å². The Morgan fingerprint density at radius 2 is 2.17 bits per heavy atom. The van der Waals surface area contributed by atoms with Gasteiger partial charge in [0, 0.05) is 29.1 Å². The number of likely N-dealkylation sites (N-methyl/N-ethyl adjacent to an activating group) is 1. The maximum absolute atomic E-state index is 13.0. The highest BCUT2D eigenvalue weighted by Gasteiger charge is 2.43. The Bertz CT molecular complexity index is 731. The van der Waals surface area contributed by atoms with Crippen LogP contribution in [0.1, 0.15) is 28.3 Å². The molecule has 1 saturated heterocycles. The van der Waals surface area contributed by atoms with Crippen molar-refractivity contribution in [1.29, 1.82) is 0 Å². The van der Waals surface area contributed by atoms with E-state index < -0.39 is 0 Å². The number of carbonyl (C=O) groups is 1. The Kier molecular flexibility index (Phi) is 5.00. The van der Waals surface area contributed by atoms with Crippen molar-refractivity contribution in [3.05, 3.63) is 51.7 Å². The van der Waals surface area contributed by atoms with Crippen LogP contribution >= 0.6 is 23.7 Å². The first-order chi connectivity index (χ1) is 11.1. The quantitative estimate of drug-likeness (QED) is 0.810. The molecule has 5 heteroatoms. The molecule has 2 unspecified atom stereocenters. The Labute approximate surface area is 153 Å². The number of nitrogens with zero attached hydrogens (tertiary/aromatic N) is 2. The second kappa shape index (κ2) is 6.87. The monoisotopic (exact) mass is 362 g/mol. The fourth-order valence-electron chi connectivity index (χ4n) is 4.05. The number of amides is 1. The van der Waals surface area contributed by atoms with Crippen LogP contribution in [0, 0.1) is 6.92 Å². The van der Waals surface area contributed by atoms with E-state index in [1.54, 1.807) is 11.3 Å². The van der Waals surface area contributed by atoms with Crippen LogP contribution in [0.5, 0.6) is 0 Å². The van der Waals surface area contributed by atoms with E-state index in [4.69, 9.17) is 0 Å². The second-order valence-corrected chi connectivity index (χ2v) is 7.84. The summed E-state index contributed by atoms with van der Waals surface area (Å²) < 4.78 is 0. The number of rotatable bonds is 2. The molecule has 0 saturated carbocycles. The number of fused-ring (bicyclic) bond motifs is 3. The predicted octanol–water partition coefficient (Wildman–Crippen LogP) is 3.86. The summed E-state index contributed by atoms with van der Waals surface area (Å²) in [4.78, 5) is 18.7. The van der Waals surface area contributed by atoms with Gasteiger partial charge in [0.25, 0.3) is 0 Å². The number of likely N-dealkylation sites (tertiary alicyclic amines) is 1. The van der Waals surface area contributed by atoms with Crippen molar-refractivity contribution < 1.29 is 4.79 Å². The van der Waals surface area contributed by atoms with Crippen molar-refractivity contribution in [2.75, 3.05) is 25.0 Å². The fraction of sp³-hybridized carbons (Fsp3) is 0.421. The summed E-state index contributed by atoms with van der Waals surface area (Å²) in [5.41, 5.74) is 3.78. The van der Waals surface area contributed by atoms with E-state index in [1.165, 1.54) is 11.1 Å². The summed E-state index contributed by atoms with van der Waals surface area (Å²) in [7, 11) is 2.18. The molecule has 1 amide bonds. The minimum Gasteiger partial charge on any atom is -0.308 e. The maximum Gasteiger partial charge on any atom is 0.232 e. The van der Waals surface area contributed by atoms with Gasteiger partial charge in [-0.1, -0.05) is 23.8 Å². The summed E-state index contributed by atoms with van der Waals surface area (Å²) in [6.45, 7) is 4.25. The Morgan fingerprint density at radius 1 is 1.33 bits per heavy atom. The molecule has 128 valence electrons. The molecule has 0 aliphatic carbocycles. The lowest BCUT2D eigenvalue weighted by molar-refractivity contribution is -0.118. The van der Waals surface area contributed by atoms with Gasteiger partial charge in [-0.05, 0) is 50.0 Å².